The first kappa shape index (κ1) is 20.2. The molecule has 1 aliphatic rings. The Morgan fingerprint density at radius 1 is 1.36 bits per heavy atom. The first-order valence-corrected chi connectivity index (χ1v) is 9.41. The molecule has 1 atom stereocenters. The Morgan fingerprint density at radius 3 is 2.64 bits per heavy atom. The van der Waals surface area contributed by atoms with Crippen LogP contribution in [-0.4, -0.2) is 56.6 Å². The number of amides is 1. The number of hydrogen-bond acceptors (Lipinski definition) is 5. The maximum Gasteiger partial charge on any atom is 0.307 e. The zero-order valence-corrected chi connectivity index (χ0v) is 16.2. The van der Waals surface area contributed by atoms with Crippen molar-refractivity contribution in [3.8, 4) is 0 Å². The first-order chi connectivity index (χ1) is 13.4. The van der Waals surface area contributed by atoms with E-state index in [1.165, 1.54) is 16.9 Å². The Hall–Kier alpha value is -2.52. The van der Waals surface area contributed by atoms with E-state index < -0.39 is 11.0 Å². The lowest BCUT2D eigenvalue weighted by Crippen LogP contribution is -2.50. The van der Waals surface area contributed by atoms with Gasteiger partial charge in [0.1, 0.15) is 24.3 Å². The van der Waals surface area contributed by atoms with Crippen molar-refractivity contribution >= 4 is 23.2 Å². The van der Waals surface area contributed by atoms with Crippen molar-refractivity contribution < 1.29 is 14.1 Å². The molecule has 1 aromatic carbocycles. The van der Waals surface area contributed by atoms with Gasteiger partial charge in [0, 0.05) is 43.3 Å². The molecule has 8 nitrogen and oxygen atoms in total. The van der Waals surface area contributed by atoms with Crippen molar-refractivity contribution in [3.05, 3.63) is 57.1 Å². The van der Waals surface area contributed by atoms with Crippen LogP contribution in [0.2, 0.25) is 5.02 Å². The molecule has 2 aromatic rings. The van der Waals surface area contributed by atoms with E-state index in [1.54, 1.807) is 17.0 Å². The zero-order chi connectivity index (χ0) is 20.3. The molecule has 28 heavy (non-hydrogen) atoms. The van der Waals surface area contributed by atoms with E-state index in [0.29, 0.717) is 49.7 Å². The van der Waals surface area contributed by atoms with Crippen molar-refractivity contribution in [1.82, 2.24) is 19.6 Å². The third kappa shape index (κ3) is 4.31. The Kier molecular flexibility index (Phi) is 6.25. The van der Waals surface area contributed by atoms with E-state index in [1.807, 2.05) is 11.8 Å². The summed E-state index contributed by atoms with van der Waals surface area (Å²) in [6.45, 7) is 4.39. The van der Waals surface area contributed by atoms with Crippen LogP contribution in [0.3, 0.4) is 0 Å². The highest BCUT2D eigenvalue weighted by atomic mass is 35.5. The molecule has 0 spiro atoms. The van der Waals surface area contributed by atoms with Crippen LogP contribution >= 0.6 is 11.6 Å². The maximum atomic E-state index is 14.0. The van der Waals surface area contributed by atoms with Gasteiger partial charge < -0.3 is 4.90 Å². The van der Waals surface area contributed by atoms with Crippen LogP contribution in [0.15, 0.2) is 30.6 Å². The number of nitro groups is 1. The van der Waals surface area contributed by atoms with E-state index in [-0.39, 0.29) is 17.4 Å². The average Bonchev–Trinajstić information content (AvgIpc) is 3.16. The van der Waals surface area contributed by atoms with E-state index in [0.717, 1.165) is 6.20 Å². The minimum Gasteiger partial charge on any atom is -0.338 e. The van der Waals surface area contributed by atoms with Crippen LogP contribution in [0, 0.1) is 15.9 Å². The molecule has 3 rings (SSSR count). The van der Waals surface area contributed by atoms with Crippen LogP contribution < -0.4 is 0 Å². The van der Waals surface area contributed by atoms with Crippen molar-refractivity contribution in [1.29, 1.82) is 0 Å². The molecule has 1 aromatic heterocycles. The highest BCUT2D eigenvalue weighted by Crippen LogP contribution is 2.23. The van der Waals surface area contributed by atoms with Gasteiger partial charge in [-0.2, -0.15) is 5.10 Å². The van der Waals surface area contributed by atoms with E-state index >= 15 is 0 Å². The summed E-state index contributed by atoms with van der Waals surface area (Å²) in [6, 6.07) is 4.04. The summed E-state index contributed by atoms with van der Waals surface area (Å²) in [4.78, 5) is 27.0. The maximum absolute atomic E-state index is 14.0. The standard InChI is InChI=1S/C18H21ClFN5O3/c1-2-17(24-11-13(10-21-24)25(27)28)18(26)23-8-6-22(7-9-23)12-14-15(19)4-3-5-16(14)20/h3-5,10-11,17H,2,6-9,12H2,1H3. The predicted octanol–water partition coefficient (Wildman–Crippen LogP) is 2.88. The van der Waals surface area contributed by atoms with Gasteiger partial charge in [0.25, 0.3) is 0 Å². The largest absolute Gasteiger partial charge is 0.338 e. The summed E-state index contributed by atoms with van der Waals surface area (Å²) in [5.41, 5.74) is 0.317. The number of rotatable bonds is 6. The topological polar surface area (TPSA) is 84.5 Å². The molecule has 1 fully saturated rings. The van der Waals surface area contributed by atoms with Gasteiger partial charge in [-0.1, -0.05) is 24.6 Å². The van der Waals surface area contributed by atoms with E-state index in [4.69, 9.17) is 11.6 Å². The lowest BCUT2D eigenvalue weighted by Gasteiger charge is -2.36. The van der Waals surface area contributed by atoms with Crippen LogP contribution in [0.25, 0.3) is 0 Å². The van der Waals surface area contributed by atoms with Gasteiger partial charge in [-0.05, 0) is 18.6 Å². The molecule has 0 saturated carbocycles. The first-order valence-electron chi connectivity index (χ1n) is 9.03. The number of hydrogen-bond donors (Lipinski definition) is 0. The smallest absolute Gasteiger partial charge is 0.307 e. The number of carbonyl (C=O) groups is 1. The molecule has 1 saturated heterocycles. The molecule has 0 N–H and O–H groups in total. The fraction of sp³-hybridized carbons (Fsp3) is 0.444. The number of nitrogens with zero attached hydrogens (tertiary/aromatic N) is 5. The third-order valence-electron chi connectivity index (χ3n) is 4.92. The summed E-state index contributed by atoms with van der Waals surface area (Å²) in [5.74, 6) is -0.457. The van der Waals surface area contributed by atoms with E-state index in [2.05, 4.69) is 5.10 Å². The highest BCUT2D eigenvalue weighted by Gasteiger charge is 2.29. The third-order valence-corrected chi connectivity index (χ3v) is 5.27. The number of halogens is 2. The van der Waals surface area contributed by atoms with E-state index in [9.17, 15) is 19.3 Å². The van der Waals surface area contributed by atoms with Gasteiger partial charge in [-0.3, -0.25) is 24.5 Å². The molecule has 0 bridgehead atoms. The second-order valence-electron chi connectivity index (χ2n) is 6.66. The molecule has 1 aliphatic heterocycles. The SMILES string of the molecule is CCC(C(=O)N1CCN(Cc2c(F)cccc2Cl)CC1)n1cc([N+](=O)[O-])cn1. The molecule has 2 heterocycles. The number of carbonyl (C=O) groups excluding carboxylic acids is 1. The Balaban J connectivity index is 1.61. The van der Waals surface area contributed by atoms with Crippen LogP contribution in [0.5, 0.6) is 0 Å². The van der Waals surface area contributed by atoms with Crippen LogP contribution in [-0.2, 0) is 11.3 Å². The van der Waals surface area contributed by atoms with Crippen LogP contribution in [0.4, 0.5) is 10.1 Å². The van der Waals surface area contributed by atoms with Crippen LogP contribution in [0.1, 0.15) is 24.9 Å². The molecule has 150 valence electrons. The summed E-state index contributed by atoms with van der Waals surface area (Å²) < 4.78 is 15.3. The van der Waals surface area contributed by atoms with Crippen molar-refractivity contribution in [2.75, 3.05) is 26.2 Å². The summed E-state index contributed by atoms with van der Waals surface area (Å²) in [5, 5.41) is 15.2. The second kappa shape index (κ2) is 8.66. The molecule has 0 aliphatic carbocycles. The fourth-order valence-electron chi connectivity index (χ4n) is 3.31. The number of piperazine rings is 1. The quantitative estimate of drug-likeness (QED) is 0.541. The number of aromatic nitrogens is 2. The molecule has 1 unspecified atom stereocenters. The molecule has 10 heteroatoms. The van der Waals surface area contributed by atoms with Gasteiger partial charge in [-0.25, -0.2) is 4.39 Å². The van der Waals surface area contributed by atoms with Crippen molar-refractivity contribution in [3.63, 3.8) is 0 Å². The van der Waals surface area contributed by atoms with Crippen molar-refractivity contribution in [2.24, 2.45) is 0 Å². The fourth-order valence-corrected chi connectivity index (χ4v) is 3.53. The summed E-state index contributed by atoms with van der Waals surface area (Å²) in [6.07, 6.45) is 2.90. The molecular formula is C18H21ClFN5O3. The Bertz CT molecular complexity index is 846. The number of benzene rings is 1. The second-order valence-corrected chi connectivity index (χ2v) is 7.07. The summed E-state index contributed by atoms with van der Waals surface area (Å²) >= 11 is 6.09. The summed E-state index contributed by atoms with van der Waals surface area (Å²) in [7, 11) is 0. The van der Waals surface area contributed by atoms with Gasteiger partial charge in [0.2, 0.25) is 5.91 Å². The van der Waals surface area contributed by atoms with Gasteiger partial charge in [0.15, 0.2) is 0 Å². The van der Waals surface area contributed by atoms with Gasteiger partial charge in [-0.15, -0.1) is 0 Å². The monoisotopic (exact) mass is 409 g/mol. The molecular weight excluding hydrogens is 389 g/mol. The predicted molar refractivity (Wildman–Crippen MR) is 101 cm³/mol. The Morgan fingerprint density at radius 2 is 2.07 bits per heavy atom. The molecule has 1 amide bonds. The lowest BCUT2D eigenvalue weighted by molar-refractivity contribution is -0.385. The average molecular weight is 410 g/mol. The highest BCUT2D eigenvalue weighted by molar-refractivity contribution is 6.31. The Labute approximate surface area is 166 Å². The minimum absolute atomic E-state index is 0.121. The van der Waals surface area contributed by atoms with Gasteiger partial charge in [0.05, 0.1) is 4.92 Å². The van der Waals surface area contributed by atoms with Gasteiger partial charge >= 0.3 is 5.69 Å². The zero-order valence-electron chi connectivity index (χ0n) is 15.4. The normalized spacial score (nSPS) is 16.2. The lowest BCUT2D eigenvalue weighted by atomic mass is 10.1. The molecule has 0 radical (unpaired) electrons. The van der Waals surface area contributed by atoms with Crippen molar-refractivity contribution in [2.45, 2.75) is 25.9 Å². The minimum atomic E-state index is -0.582.